The summed E-state index contributed by atoms with van der Waals surface area (Å²) in [6, 6.07) is 7.02. The number of nitrogens with two attached hydrogens (primary N) is 2. The van der Waals surface area contributed by atoms with E-state index in [1.54, 1.807) is 36.1 Å². The molecule has 0 bridgehead atoms. The number of hydrogen-bond acceptors (Lipinski definition) is 4. The zero-order valence-electron chi connectivity index (χ0n) is 12.2. The topological polar surface area (TPSA) is 98.7 Å². The molecule has 114 valence electrons. The monoisotopic (exact) mass is 291 g/mol. The van der Waals surface area contributed by atoms with E-state index in [0.717, 1.165) is 0 Å². The van der Waals surface area contributed by atoms with Crippen molar-refractivity contribution in [2.45, 2.75) is 19.8 Å². The van der Waals surface area contributed by atoms with Crippen molar-refractivity contribution in [1.29, 1.82) is 0 Å². The smallest absolute Gasteiger partial charge is 0.226 e. The summed E-state index contributed by atoms with van der Waals surface area (Å²) in [6.07, 6.45) is 0.895. The predicted molar refractivity (Wildman–Crippen MR) is 79.5 cm³/mol. The molecule has 1 aliphatic rings. The van der Waals surface area contributed by atoms with Crippen LogP contribution in [0.3, 0.4) is 0 Å². The molecule has 1 atom stereocenters. The van der Waals surface area contributed by atoms with Gasteiger partial charge in [0.15, 0.2) is 0 Å². The van der Waals surface area contributed by atoms with Crippen molar-refractivity contribution in [3.63, 3.8) is 0 Å². The van der Waals surface area contributed by atoms with Gasteiger partial charge in [-0.2, -0.15) is 0 Å². The van der Waals surface area contributed by atoms with Gasteiger partial charge >= 0.3 is 0 Å². The third kappa shape index (κ3) is 3.65. The molecule has 1 aromatic rings. The normalized spacial score (nSPS) is 21.3. The highest BCUT2D eigenvalue weighted by atomic mass is 16.5. The molecule has 2 rings (SSSR count). The molecule has 1 aliphatic heterocycles. The molecule has 6 nitrogen and oxygen atoms in total. The van der Waals surface area contributed by atoms with Crippen molar-refractivity contribution in [2.24, 2.45) is 11.1 Å². The molecule has 1 aromatic carbocycles. The van der Waals surface area contributed by atoms with E-state index < -0.39 is 5.41 Å². The second-order valence-corrected chi connectivity index (χ2v) is 5.66. The molecule has 1 fully saturated rings. The molecule has 4 N–H and O–H groups in total. The lowest BCUT2D eigenvalue weighted by molar-refractivity contribution is -0.132. The van der Waals surface area contributed by atoms with Gasteiger partial charge in [0.2, 0.25) is 11.8 Å². The average Bonchev–Trinajstić information content (AvgIpc) is 2.85. The third-order valence-corrected chi connectivity index (χ3v) is 3.89. The Bertz CT molecular complexity index is 529. The number of ether oxygens (including phenoxy) is 1. The minimum absolute atomic E-state index is 0.0181. The molecule has 1 unspecified atom stereocenters. The highest BCUT2D eigenvalue weighted by Crippen LogP contribution is 2.29. The molecule has 2 amide bonds. The van der Waals surface area contributed by atoms with Crippen molar-refractivity contribution in [3.8, 4) is 5.75 Å². The van der Waals surface area contributed by atoms with Crippen LogP contribution in [0.1, 0.15) is 19.8 Å². The number of primary amides is 1. The van der Waals surface area contributed by atoms with Gasteiger partial charge in [0.25, 0.3) is 0 Å². The summed E-state index contributed by atoms with van der Waals surface area (Å²) in [5.74, 6) is 0.312. The number of likely N-dealkylation sites (tertiary alicyclic amines) is 1. The van der Waals surface area contributed by atoms with Crippen LogP contribution >= 0.6 is 0 Å². The van der Waals surface area contributed by atoms with E-state index in [9.17, 15) is 9.59 Å². The van der Waals surface area contributed by atoms with Gasteiger partial charge in [-0.25, -0.2) is 0 Å². The predicted octanol–water partition coefficient (Wildman–Crippen LogP) is 0.762. The summed E-state index contributed by atoms with van der Waals surface area (Å²) in [5.41, 5.74) is 11.0. The van der Waals surface area contributed by atoms with Gasteiger partial charge < -0.3 is 21.1 Å². The second-order valence-electron chi connectivity index (χ2n) is 5.66. The second kappa shape index (κ2) is 6.03. The number of anilines is 1. The van der Waals surface area contributed by atoms with E-state index in [-0.39, 0.29) is 18.2 Å². The van der Waals surface area contributed by atoms with Crippen LogP contribution in [0.5, 0.6) is 5.75 Å². The number of hydrogen-bond donors (Lipinski definition) is 2. The lowest BCUT2D eigenvalue weighted by Gasteiger charge is -2.21. The van der Waals surface area contributed by atoms with E-state index in [0.29, 0.717) is 37.6 Å². The number of carbonyl (C=O) groups is 2. The Labute approximate surface area is 124 Å². The van der Waals surface area contributed by atoms with Crippen LogP contribution in [0.15, 0.2) is 24.3 Å². The van der Waals surface area contributed by atoms with E-state index in [2.05, 4.69) is 0 Å². The molecule has 1 saturated heterocycles. The number of benzene rings is 1. The first-order valence-corrected chi connectivity index (χ1v) is 6.97. The van der Waals surface area contributed by atoms with Gasteiger partial charge in [0.05, 0.1) is 18.4 Å². The van der Waals surface area contributed by atoms with E-state index in [1.165, 1.54) is 0 Å². The quantitative estimate of drug-likeness (QED) is 0.782. The fourth-order valence-corrected chi connectivity index (χ4v) is 2.35. The van der Waals surface area contributed by atoms with Crippen molar-refractivity contribution in [3.05, 3.63) is 24.3 Å². The van der Waals surface area contributed by atoms with Gasteiger partial charge in [-0.1, -0.05) is 0 Å². The van der Waals surface area contributed by atoms with Crippen LogP contribution in [0.2, 0.25) is 0 Å². The first-order chi connectivity index (χ1) is 9.90. The van der Waals surface area contributed by atoms with Crippen molar-refractivity contribution in [2.75, 3.05) is 25.4 Å². The number of amides is 2. The van der Waals surface area contributed by atoms with Crippen molar-refractivity contribution in [1.82, 2.24) is 4.90 Å². The van der Waals surface area contributed by atoms with E-state index in [4.69, 9.17) is 16.2 Å². The van der Waals surface area contributed by atoms with Gasteiger partial charge in [-0.3, -0.25) is 9.59 Å². The van der Waals surface area contributed by atoms with Gasteiger partial charge in [0, 0.05) is 18.8 Å². The number of nitrogen functional groups attached to an aromatic ring is 1. The van der Waals surface area contributed by atoms with Crippen LogP contribution in [-0.2, 0) is 9.59 Å². The van der Waals surface area contributed by atoms with Crippen LogP contribution in [-0.4, -0.2) is 36.4 Å². The fraction of sp³-hybridized carbons (Fsp3) is 0.467. The molecular weight excluding hydrogens is 270 g/mol. The molecular formula is C15H21N3O3. The SMILES string of the molecule is CC1(C(N)=O)CCN(C(=O)CCOc2ccc(N)cc2)C1. The van der Waals surface area contributed by atoms with Gasteiger partial charge in [-0.15, -0.1) is 0 Å². The first-order valence-electron chi connectivity index (χ1n) is 6.97. The van der Waals surface area contributed by atoms with E-state index >= 15 is 0 Å². The summed E-state index contributed by atoms with van der Waals surface area (Å²) in [6.45, 7) is 3.06. The largest absolute Gasteiger partial charge is 0.493 e. The lowest BCUT2D eigenvalue weighted by atomic mass is 9.89. The van der Waals surface area contributed by atoms with E-state index in [1.807, 2.05) is 0 Å². The zero-order valence-corrected chi connectivity index (χ0v) is 12.2. The van der Waals surface area contributed by atoms with Gasteiger partial charge in [0.1, 0.15) is 5.75 Å². The molecule has 0 aromatic heterocycles. The molecule has 1 heterocycles. The summed E-state index contributed by atoms with van der Waals surface area (Å²) in [7, 11) is 0. The maximum absolute atomic E-state index is 12.1. The lowest BCUT2D eigenvalue weighted by Crippen LogP contribution is -2.38. The molecule has 6 heteroatoms. The molecule has 0 saturated carbocycles. The van der Waals surface area contributed by atoms with Crippen LogP contribution < -0.4 is 16.2 Å². The third-order valence-electron chi connectivity index (χ3n) is 3.89. The summed E-state index contributed by atoms with van der Waals surface area (Å²) >= 11 is 0. The number of carbonyl (C=O) groups excluding carboxylic acids is 2. The van der Waals surface area contributed by atoms with Crippen molar-refractivity contribution >= 4 is 17.5 Å². The fourth-order valence-electron chi connectivity index (χ4n) is 2.35. The highest BCUT2D eigenvalue weighted by molar-refractivity contribution is 5.83. The maximum Gasteiger partial charge on any atom is 0.226 e. The standard InChI is InChI=1S/C15H21N3O3/c1-15(14(17)20)7-8-18(10-15)13(19)6-9-21-12-4-2-11(16)3-5-12/h2-5H,6-10,16H2,1H3,(H2,17,20). The van der Waals surface area contributed by atoms with Gasteiger partial charge in [-0.05, 0) is 37.6 Å². The Balaban J connectivity index is 1.78. The summed E-state index contributed by atoms with van der Waals surface area (Å²) < 4.78 is 5.50. The maximum atomic E-state index is 12.1. The van der Waals surface area contributed by atoms with Crippen LogP contribution in [0, 0.1) is 5.41 Å². The number of nitrogens with zero attached hydrogens (tertiary/aromatic N) is 1. The average molecular weight is 291 g/mol. The molecule has 0 spiro atoms. The Morgan fingerprint density at radius 3 is 2.57 bits per heavy atom. The minimum Gasteiger partial charge on any atom is -0.493 e. The summed E-state index contributed by atoms with van der Waals surface area (Å²) in [5, 5.41) is 0. The Morgan fingerprint density at radius 1 is 1.33 bits per heavy atom. The molecule has 21 heavy (non-hydrogen) atoms. The molecule has 0 radical (unpaired) electrons. The minimum atomic E-state index is -0.604. The van der Waals surface area contributed by atoms with Crippen LogP contribution in [0.25, 0.3) is 0 Å². The Hall–Kier alpha value is -2.24. The first kappa shape index (κ1) is 15.2. The Morgan fingerprint density at radius 2 is 2.00 bits per heavy atom. The zero-order chi connectivity index (χ0) is 15.5. The van der Waals surface area contributed by atoms with Crippen molar-refractivity contribution < 1.29 is 14.3 Å². The highest BCUT2D eigenvalue weighted by Gasteiger charge is 2.40. The van der Waals surface area contributed by atoms with Crippen LogP contribution in [0.4, 0.5) is 5.69 Å². The molecule has 0 aliphatic carbocycles. The summed E-state index contributed by atoms with van der Waals surface area (Å²) in [4.78, 5) is 25.1. The number of rotatable bonds is 5. The Kier molecular flexibility index (Phi) is 4.35.